The fourth-order valence-corrected chi connectivity index (χ4v) is 3.60. The van der Waals surface area contributed by atoms with E-state index < -0.39 is 5.54 Å². The van der Waals surface area contributed by atoms with Gasteiger partial charge in [0.15, 0.2) is 0 Å². The highest BCUT2D eigenvalue weighted by molar-refractivity contribution is 5.75. The molecule has 1 atom stereocenters. The smallest absolute Gasteiger partial charge is 0.317 e. The maximum atomic E-state index is 12.5. The molecule has 0 bridgehead atoms. The Morgan fingerprint density at radius 2 is 1.92 bits per heavy atom. The van der Waals surface area contributed by atoms with Gasteiger partial charge in [0.2, 0.25) is 0 Å². The Labute approximate surface area is 152 Å². The summed E-state index contributed by atoms with van der Waals surface area (Å²) in [6.07, 6.45) is 2.59. The van der Waals surface area contributed by atoms with Crippen molar-refractivity contribution in [2.45, 2.75) is 18.5 Å². The molecular formula is C20H23N5O. The topological polar surface area (TPSA) is 76.2 Å². The zero-order valence-electron chi connectivity index (χ0n) is 14.6. The van der Waals surface area contributed by atoms with Gasteiger partial charge in [-0.05, 0) is 24.1 Å². The summed E-state index contributed by atoms with van der Waals surface area (Å²) in [5, 5.41) is 3.00. The van der Waals surface area contributed by atoms with Crippen LogP contribution >= 0.6 is 0 Å². The summed E-state index contributed by atoms with van der Waals surface area (Å²) in [5.74, 6) is 0. The molecule has 1 aromatic heterocycles. The maximum Gasteiger partial charge on any atom is 0.317 e. The molecule has 1 fully saturated rings. The van der Waals surface area contributed by atoms with Gasteiger partial charge < -0.3 is 20.5 Å². The van der Waals surface area contributed by atoms with Crippen LogP contribution in [0.1, 0.15) is 12.0 Å². The van der Waals surface area contributed by atoms with Crippen LogP contribution < -0.4 is 11.1 Å². The predicted octanol–water partition coefficient (Wildman–Crippen LogP) is 2.31. The van der Waals surface area contributed by atoms with E-state index in [2.05, 4.69) is 14.9 Å². The average molecular weight is 349 g/mol. The third-order valence-corrected chi connectivity index (χ3v) is 5.09. The standard InChI is InChI=1S/C20H23N5O/c21-20(16-6-2-1-3-7-16)10-12-24(14-20)19(26)22-11-13-25-15-23-17-8-4-5-9-18(17)25/h1-9,15H,10-14,21H2,(H,22,26). The van der Waals surface area contributed by atoms with E-state index >= 15 is 0 Å². The van der Waals surface area contributed by atoms with E-state index in [0.717, 1.165) is 23.0 Å². The Bertz CT molecular complexity index is 907. The summed E-state index contributed by atoms with van der Waals surface area (Å²) in [7, 11) is 0. The van der Waals surface area contributed by atoms with Gasteiger partial charge in [0, 0.05) is 26.2 Å². The van der Waals surface area contributed by atoms with Gasteiger partial charge in [-0.1, -0.05) is 42.5 Å². The number of para-hydroxylation sites is 2. The van der Waals surface area contributed by atoms with Crippen molar-refractivity contribution in [3.63, 3.8) is 0 Å². The number of likely N-dealkylation sites (tertiary alicyclic amines) is 1. The molecule has 134 valence electrons. The lowest BCUT2D eigenvalue weighted by atomic mass is 9.90. The van der Waals surface area contributed by atoms with Gasteiger partial charge in [0.25, 0.3) is 0 Å². The molecule has 0 spiro atoms. The van der Waals surface area contributed by atoms with Gasteiger partial charge in [-0.3, -0.25) is 0 Å². The number of benzene rings is 2. The predicted molar refractivity (Wildman–Crippen MR) is 102 cm³/mol. The number of nitrogens with two attached hydrogens (primary N) is 1. The van der Waals surface area contributed by atoms with Crippen LogP contribution in [0.3, 0.4) is 0 Å². The lowest BCUT2D eigenvalue weighted by Crippen LogP contribution is -2.44. The minimum Gasteiger partial charge on any atom is -0.336 e. The van der Waals surface area contributed by atoms with Crippen molar-refractivity contribution < 1.29 is 4.79 Å². The minimum atomic E-state index is -0.459. The number of hydrogen-bond donors (Lipinski definition) is 2. The molecule has 0 radical (unpaired) electrons. The quantitative estimate of drug-likeness (QED) is 0.759. The van der Waals surface area contributed by atoms with Crippen LogP contribution in [0.5, 0.6) is 0 Å². The van der Waals surface area contributed by atoms with E-state index in [0.29, 0.717) is 26.2 Å². The molecule has 1 unspecified atom stereocenters. The second-order valence-corrected chi connectivity index (χ2v) is 6.85. The van der Waals surface area contributed by atoms with Crippen molar-refractivity contribution >= 4 is 17.1 Å². The summed E-state index contributed by atoms with van der Waals surface area (Å²) in [6.45, 7) is 2.45. The molecule has 3 N–H and O–H groups in total. The fourth-order valence-electron chi connectivity index (χ4n) is 3.60. The highest BCUT2D eigenvalue weighted by Gasteiger charge is 2.37. The van der Waals surface area contributed by atoms with E-state index in [1.54, 1.807) is 4.90 Å². The molecule has 2 amide bonds. The third kappa shape index (κ3) is 3.15. The highest BCUT2D eigenvalue weighted by atomic mass is 16.2. The number of nitrogens with one attached hydrogen (secondary N) is 1. The lowest BCUT2D eigenvalue weighted by molar-refractivity contribution is 0.205. The van der Waals surface area contributed by atoms with Crippen molar-refractivity contribution in [1.29, 1.82) is 0 Å². The first-order valence-corrected chi connectivity index (χ1v) is 8.93. The number of rotatable bonds is 4. The summed E-state index contributed by atoms with van der Waals surface area (Å²) < 4.78 is 2.05. The third-order valence-electron chi connectivity index (χ3n) is 5.09. The molecule has 26 heavy (non-hydrogen) atoms. The van der Waals surface area contributed by atoms with Crippen molar-refractivity contribution in [3.8, 4) is 0 Å². The minimum absolute atomic E-state index is 0.0577. The molecular weight excluding hydrogens is 326 g/mol. The Kier molecular flexibility index (Phi) is 4.34. The molecule has 4 rings (SSSR count). The van der Waals surface area contributed by atoms with Crippen LogP contribution in [-0.4, -0.2) is 40.1 Å². The summed E-state index contributed by atoms with van der Waals surface area (Å²) in [6, 6.07) is 18.0. The molecule has 6 heteroatoms. The first-order chi connectivity index (χ1) is 12.7. The van der Waals surface area contributed by atoms with Crippen molar-refractivity contribution in [1.82, 2.24) is 19.8 Å². The summed E-state index contributed by atoms with van der Waals surface area (Å²) in [4.78, 5) is 18.7. The fraction of sp³-hybridized carbons (Fsp3) is 0.300. The molecule has 1 aliphatic rings. The van der Waals surface area contributed by atoms with Gasteiger partial charge in [-0.15, -0.1) is 0 Å². The summed E-state index contributed by atoms with van der Waals surface area (Å²) >= 11 is 0. The Hall–Kier alpha value is -2.86. The molecule has 1 aliphatic heterocycles. The Balaban J connectivity index is 1.33. The molecule has 1 saturated heterocycles. The molecule has 3 aromatic rings. The first-order valence-electron chi connectivity index (χ1n) is 8.93. The zero-order chi connectivity index (χ0) is 18.0. The largest absolute Gasteiger partial charge is 0.336 e. The molecule has 2 aromatic carbocycles. The number of carbonyl (C=O) groups is 1. The van der Waals surface area contributed by atoms with Crippen LogP contribution in [0.25, 0.3) is 11.0 Å². The van der Waals surface area contributed by atoms with Gasteiger partial charge in [-0.25, -0.2) is 9.78 Å². The van der Waals surface area contributed by atoms with E-state index in [4.69, 9.17) is 5.73 Å². The number of carbonyl (C=O) groups excluding carboxylic acids is 1. The van der Waals surface area contributed by atoms with Crippen molar-refractivity contribution in [2.75, 3.05) is 19.6 Å². The maximum absolute atomic E-state index is 12.5. The van der Waals surface area contributed by atoms with Crippen LogP contribution in [0.15, 0.2) is 60.9 Å². The highest BCUT2D eigenvalue weighted by Crippen LogP contribution is 2.29. The number of amides is 2. The molecule has 0 aliphatic carbocycles. The van der Waals surface area contributed by atoms with Crippen LogP contribution in [0.2, 0.25) is 0 Å². The van der Waals surface area contributed by atoms with Gasteiger partial charge in [0.05, 0.1) is 22.9 Å². The van der Waals surface area contributed by atoms with Crippen molar-refractivity contribution in [2.24, 2.45) is 5.73 Å². The van der Waals surface area contributed by atoms with E-state index in [-0.39, 0.29) is 6.03 Å². The van der Waals surface area contributed by atoms with Crippen LogP contribution in [-0.2, 0) is 12.1 Å². The zero-order valence-corrected chi connectivity index (χ0v) is 14.6. The molecule has 0 saturated carbocycles. The molecule has 2 heterocycles. The summed E-state index contributed by atoms with van der Waals surface area (Å²) in [5.41, 5.74) is 9.21. The Morgan fingerprint density at radius 3 is 2.77 bits per heavy atom. The number of imidazole rings is 1. The Morgan fingerprint density at radius 1 is 1.15 bits per heavy atom. The van der Waals surface area contributed by atoms with Gasteiger partial charge >= 0.3 is 6.03 Å². The second-order valence-electron chi connectivity index (χ2n) is 6.85. The van der Waals surface area contributed by atoms with E-state index in [1.165, 1.54) is 0 Å². The molecule has 6 nitrogen and oxygen atoms in total. The number of aromatic nitrogens is 2. The van der Waals surface area contributed by atoms with Gasteiger partial charge in [-0.2, -0.15) is 0 Å². The number of fused-ring (bicyclic) bond motifs is 1. The van der Waals surface area contributed by atoms with E-state index in [1.807, 2.05) is 60.9 Å². The lowest BCUT2D eigenvalue weighted by Gasteiger charge is -2.25. The SMILES string of the molecule is NC1(c2ccccc2)CCN(C(=O)NCCn2cnc3ccccc32)C1. The number of nitrogens with zero attached hydrogens (tertiary/aromatic N) is 3. The average Bonchev–Trinajstić information content (AvgIpc) is 3.28. The number of hydrogen-bond acceptors (Lipinski definition) is 3. The van der Waals surface area contributed by atoms with Crippen molar-refractivity contribution in [3.05, 3.63) is 66.5 Å². The van der Waals surface area contributed by atoms with Crippen LogP contribution in [0, 0.1) is 0 Å². The number of urea groups is 1. The normalized spacial score (nSPS) is 19.8. The second kappa shape index (κ2) is 6.80. The van der Waals surface area contributed by atoms with Crippen LogP contribution in [0.4, 0.5) is 4.79 Å². The monoisotopic (exact) mass is 349 g/mol. The first kappa shape index (κ1) is 16.6. The van der Waals surface area contributed by atoms with E-state index in [9.17, 15) is 4.79 Å². The van der Waals surface area contributed by atoms with Gasteiger partial charge in [0.1, 0.15) is 0 Å².